The van der Waals surface area contributed by atoms with Gasteiger partial charge in [0.05, 0.1) is 18.4 Å². The molecule has 0 spiro atoms. The summed E-state index contributed by atoms with van der Waals surface area (Å²) >= 11 is 1.45. The van der Waals surface area contributed by atoms with E-state index in [1.165, 1.54) is 22.2 Å². The normalized spacial score (nSPS) is 10.8. The number of carbonyl (C=O) groups is 1. The summed E-state index contributed by atoms with van der Waals surface area (Å²) in [5.74, 6) is 0.0377. The fourth-order valence-corrected chi connectivity index (χ4v) is 2.86. The van der Waals surface area contributed by atoms with Crippen LogP contribution in [-0.4, -0.2) is 47.3 Å². The minimum atomic E-state index is -0.273. The van der Waals surface area contributed by atoms with Crippen molar-refractivity contribution in [2.24, 2.45) is 0 Å². The van der Waals surface area contributed by atoms with E-state index < -0.39 is 0 Å². The number of aromatic nitrogens is 7. The number of amides is 1. The molecule has 0 saturated carbocycles. The summed E-state index contributed by atoms with van der Waals surface area (Å²) < 4.78 is 6.84. The van der Waals surface area contributed by atoms with Crippen LogP contribution in [0.2, 0.25) is 0 Å². The highest BCUT2D eigenvalue weighted by Crippen LogP contribution is 2.20. The van der Waals surface area contributed by atoms with Gasteiger partial charge in [0.1, 0.15) is 17.0 Å². The second kappa shape index (κ2) is 7.19. The third kappa shape index (κ3) is 3.62. The number of nitrogens with one attached hydrogen (secondary N) is 1. The first-order valence-electron chi connectivity index (χ1n) is 7.55. The van der Waals surface area contributed by atoms with Gasteiger partial charge in [0.15, 0.2) is 12.3 Å². The summed E-state index contributed by atoms with van der Waals surface area (Å²) in [5, 5.41) is 17.1. The highest BCUT2D eigenvalue weighted by atomic mass is 32.1. The van der Waals surface area contributed by atoms with Crippen molar-refractivity contribution in [2.75, 3.05) is 6.61 Å². The predicted molar refractivity (Wildman–Crippen MR) is 91.3 cm³/mol. The van der Waals surface area contributed by atoms with E-state index in [0.717, 1.165) is 10.7 Å². The highest BCUT2D eigenvalue weighted by Gasteiger charge is 2.09. The molecular formula is C15H12N8O2S. The third-order valence-corrected chi connectivity index (χ3v) is 4.20. The van der Waals surface area contributed by atoms with Crippen LogP contribution in [0.4, 0.5) is 0 Å². The molecule has 4 aromatic rings. The number of rotatable bonds is 6. The molecule has 130 valence electrons. The van der Waals surface area contributed by atoms with Gasteiger partial charge in [-0.1, -0.05) is 0 Å². The zero-order chi connectivity index (χ0) is 17.8. The molecule has 10 nitrogen and oxygen atoms in total. The van der Waals surface area contributed by atoms with Crippen LogP contribution in [0.5, 0.6) is 5.88 Å². The molecule has 0 aliphatic rings. The summed E-state index contributed by atoms with van der Waals surface area (Å²) in [6.07, 6.45) is 6.32. The van der Waals surface area contributed by atoms with Crippen LogP contribution >= 0.6 is 11.3 Å². The number of thiazole rings is 1. The first-order chi connectivity index (χ1) is 12.8. The van der Waals surface area contributed by atoms with Gasteiger partial charge in [-0.3, -0.25) is 14.8 Å². The molecule has 4 heterocycles. The van der Waals surface area contributed by atoms with Gasteiger partial charge < -0.3 is 10.1 Å². The molecule has 0 unspecified atom stereocenters. The molecule has 0 aromatic carbocycles. The van der Waals surface area contributed by atoms with Gasteiger partial charge in [-0.25, -0.2) is 4.98 Å². The van der Waals surface area contributed by atoms with Crippen molar-refractivity contribution in [3.05, 3.63) is 48.1 Å². The molecule has 0 radical (unpaired) electrons. The van der Waals surface area contributed by atoms with Gasteiger partial charge >= 0.3 is 0 Å². The summed E-state index contributed by atoms with van der Waals surface area (Å²) in [4.78, 5) is 24.6. The molecule has 0 atom stereocenters. The molecular weight excluding hydrogens is 356 g/mol. The van der Waals surface area contributed by atoms with Crippen LogP contribution in [0, 0.1) is 0 Å². The molecule has 4 rings (SSSR count). The maximum Gasteiger partial charge on any atom is 0.258 e. The largest absolute Gasteiger partial charge is 0.467 e. The predicted octanol–water partition coefficient (Wildman–Crippen LogP) is 0.733. The van der Waals surface area contributed by atoms with Crippen LogP contribution < -0.4 is 10.1 Å². The molecule has 0 bridgehead atoms. The smallest absolute Gasteiger partial charge is 0.258 e. The topological polar surface area (TPSA) is 120 Å². The average Bonchev–Trinajstić information content (AvgIpc) is 3.34. The van der Waals surface area contributed by atoms with Gasteiger partial charge in [0, 0.05) is 23.8 Å². The Labute approximate surface area is 150 Å². The van der Waals surface area contributed by atoms with Gasteiger partial charge in [-0.15, -0.1) is 26.6 Å². The van der Waals surface area contributed by atoms with Crippen LogP contribution in [0.25, 0.3) is 16.3 Å². The fraction of sp³-hybridized carbons (Fsp3) is 0.133. The van der Waals surface area contributed by atoms with E-state index in [-0.39, 0.29) is 12.5 Å². The van der Waals surface area contributed by atoms with Crippen LogP contribution in [0.15, 0.2) is 42.4 Å². The molecule has 11 heteroatoms. The standard InChI is InChI=1S/C15H12N8O2S/c24-13(7-25-14-2-1-12-21-19-9-23(12)22-14)18-5-10-8-26-15(20-10)11-6-16-3-4-17-11/h1-4,6,8-9H,5,7H2,(H,18,24). The molecule has 0 saturated heterocycles. The van der Waals surface area contributed by atoms with Crippen LogP contribution in [-0.2, 0) is 11.3 Å². The van der Waals surface area contributed by atoms with E-state index >= 15 is 0 Å². The molecule has 1 amide bonds. The van der Waals surface area contributed by atoms with E-state index in [2.05, 4.69) is 35.6 Å². The lowest BCUT2D eigenvalue weighted by Crippen LogP contribution is -2.28. The number of fused-ring (bicyclic) bond motifs is 1. The number of carbonyl (C=O) groups excluding carboxylic acids is 1. The van der Waals surface area contributed by atoms with Crippen molar-refractivity contribution in [3.63, 3.8) is 0 Å². The molecule has 0 aliphatic carbocycles. The first kappa shape index (κ1) is 16.0. The maximum atomic E-state index is 11.9. The third-order valence-electron chi connectivity index (χ3n) is 3.29. The Hall–Kier alpha value is -3.47. The fourth-order valence-electron chi connectivity index (χ4n) is 2.08. The monoisotopic (exact) mass is 368 g/mol. The van der Waals surface area contributed by atoms with Crippen molar-refractivity contribution in [1.82, 2.24) is 40.1 Å². The van der Waals surface area contributed by atoms with Crippen molar-refractivity contribution in [2.45, 2.75) is 6.54 Å². The molecule has 4 aromatic heterocycles. The summed E-state index contributed by atoms with van der Waals surface area (Å²) in [6, 6.07) is 3.33. The average molecular weight is 368 g/mol. The van der Waals surface area contributed by atoms with Crippen molar-refractivity contribution < 1.29 is 9.53 Å². The maximum absolute atomic E-state index is 11.9. The minimum absolute atomic E-state index is 0.151. The van der Waals surface area contributed by atoms with E-state index in [4.69, 9.17) is 4.74 Å². The number of nitrogens with zero attached hydrogens (tertiary/aromatic N) is 7. The van der Waals surface area contributed by atoms with Crippen molar-refractivity contribution >= 4 is 22.9 Å². The Bertz CT molecular complexity index is 1030. The lowest BCUT2D eigenvalue weighted by Gasteiger charge is -2.05. The zero-order valence-corrected chi connectivity index (χ0v) is 14.1. The molecule has 0 aliphatic heterocycles. The Kier molecular flexibility index (Phi) is 4.43. The van der Waals surface area contributed by atoms with E-state index in [0.29, 0.717) is 23.8 Å². The lowest BCUT2D eigenvalue weighted by molar-refractivity contribution is -0.123. The summed E-state index contributed by atoms with van der Waals surface area (Å²) in [6.45, 7) is 0.151. The summed E-state index contributed by atoms with van der Waals surface area (Å²) in [7, 11) is 0. The Morgan fingerprint density at radius 3 is 3.15 bits per heavy atom. The van der Waals surface area contributed by atoms with E-state index in [9.17, 15) is 4.79 Å². The van der Waals surface area contributed by atoms with Gasteiger partial charge in [0.25, 0.3) is 5.91 Å². The second-order valence-corrected chi connectivity index (χ2v) is 5.96. The van der Waals surface area contributed by atoms with E-state index in [1.807, 2.05) is 5.38 Å². The molecule has 0 fully saturated rings. The number of hydrogen-bond donors (Lipinski definition) is 1. The number of hydrogen-bond acceptors (Lipinski definition) is 9. The molecule has 26 heavy (non-hydrogen) atoms. The quantitative estimate of drug-likeness (QED) is 0.529. The Balaban J connectivity index is 1.29. The SMILES string of the molecule is O=C(COc1ccc2nncn2n1)NCc1csc(-c2cnccn2)n1. The van der Waals surface area contributed by atoms with Crippen molar-refractivity contribution in [1.29, 1.82) is 0 Å². The second-order valence-electron chi connectivity index (χ2n) is 5.11. The lowest BCUT2D eigenvalue weighted by atomic mass is 10.4. The molecule has 1 N–H and O–H groups in total. The van der Waals surface area contributed by atoms with Gasteiger partial charge in [-0.2, -0.15) is 4.52 Å². The van der Waals surface area contributed by atoms with Crippen molar-refractivity contribution in [3.8, 4) is 16.6 Å². The zero-order valence-electron chi connectivity index (χ0n) is 13.3. The van der Waals surface area contributed by atoms with Gasteiger partial charge in [-0.05, 0) is 6.07 Å². The minimum Gasteiger partial charge on any atom is -0.467 e. The van der Waals surface area contributed by atoms with E-state index in [1.54, 1.807) is 30.7 Å². The highest BCUT2D eigenvalue weighted by molar-refractivity contribution is 7.13. The first-order valence-corrected chi connectivity index (χ1v) is 8.43. The number of ether oxygens (including phenoxy) is 1. The Morgan fingerprint density at radius 2 is 2.27 bits per heavy atom. The van der Waals surface area contributed by atoms with Gasteiger partial charge in [0.2, 0.25) is 5.88 Å². The van der Waals surface area contributed by atoms with Crippen LogP contribution in [0.1, 0.15) is 5.69 Å². The Morgan fingerprint density at radius 1 is 1.31 bits per heavy atom. The summed E-state index contributed by atoms with van der Waals surface area (Å²) in [5.41, 5.74) is 2.05. The van der Waals surface area contributed by atoms with Crippen LogP contribution in [0.3, 0.4) is 0 Å².